The number of benzene rings is 1. The molecule has 1 rings (SSSR count). The van der Waals surface area contributed by atoms with E-state index in [4.69, 9.17) is 10.5 Å². The molecule has 2 heteroatoms. The maximum Gasteiger partial charge on any atom is 0.0722 e. The van der Waals surface area contributed by atoms with Crippen LogP contribution in [0.1, 0.15) is 35.6 Å². The van der Waals surface area contributed by atoms with Crippen LogP contribution in [0.2, 0.25) is 0 Å². The van der Waals surface area contributed by atoms with Crippen molar-refractivity contribution in [2.24, 2.45) is 5.73 Å². The van der Waals surface area contributed by atoms with Gasteiger partial charge in [-0.2, -0.15) is 0 Å². The minimum absolute atomic E-state index is 0.0742. The Bertz CT molecular complexity index is 346. The largest absolute Gasteiger partial charge is 0.380 e. The molecule has 17 heavy (non-hydrogen) atoms. The second-order valence-corrected chi connectivity index (χ2v) is 4.93. The van der Waals surface area contributed by atoms with Crippen molar-refractivity contribution in [1.82, 2.24) is 0 Å². The Morgan fingerprint density at radius 2 is 1.71 bits per heavy atom. The normalized spacial score (nSPS) is 14.7. The first-order valence-electron chi connectivity index (χ1n) is 6.34. The number of rotatable bonds is 5. The Kier molecular flexibility index (Phi) is 5.16. The van der Waals surface area contributed by atoms with Gasteiger partial charge in [-0.15, -0.1) is 0 Å². The Hall–Kier alpha value is -0.860. The van der Waals surface area contributed by atoms with Gasteiger partial charge in [-0.3, -0.25) is 0 Å². The molecular weight excluding hydrogens is 210 g/mol. The predicted molar refractivity (Wildman–Crippen MR) is 73.4 cm³/mol. The van der Waals surface area contributed by atoms with Crippen LogP contribution in [0, 0.1) is 20.8 Å². The number of hydrogen-bond acceptors (Lipinski definition) is 2. The van der Waals surface area contributed by atoms with E-state index >= 15 is 0 Å². The molecule has 0 bridgehead atoms. The van der Waals surface area contributed by atoms with Crippen molar-refractivity contribution in [3.05, 3.63) is 34.4 Å². The van der Waals surface area contributed by atoms with Crippen LogP contribution in [0.3, 0.4) is 0 Å². The zero-order valence-electron chi connectivity index (χ0n) is 11.7. The Morgan fingerprint density at radius 3 is 2.12 bits per heavy atom. The Morgan fingerprint density at radius 1 is 1.18 bits per heavy atom. The quantitative estimate of drug-likeness (QED) is 0.851. The summed E-state index contributed by atoms with van der Waals surface area (Å²) in [5.74, 6) is 0. The molecular formula is C15H25NO. The van der Waals surface area contributed by atoms with Crippen LogP contribution >= 0.6 is 0 Å². The first-order valence-corrected chi connectivity index (χ1v) is 6.34. The van der Waals surface area contributed by atoms with Gasteiger partial charge in [-0.05, 0) is 50.3 Å². The smallest absolute Gasteiger partial charge is 0.0722 e. The third-order valence-electron chi connectivity index (χ3n) is 3.46. The highest BCUT2D eigenvalue weighted by atomic mass is 16.5. The molecule has 0 amide bonds. The predicted octanol–water partition coefficient (Wildman–Crippen LogP) is 2.91. The van der Waals surface area contributed by atoms with Crippen LogP contribution in [0.5, 0.6) is 0 Å². The van der Waals surface area contributed by atoms with Crippen LogP contribution in [-0.4, -0.2) is 19.3 Å². The number of ether oxygens (including phenoxy) is 1. The fourth-order valence-corrected chi connectivity index (χ4v) is 2.54. The van der Waals surface area contributed by atoms with Crippen molar-refractivity contribution < 1.29 is 4.74 Å². The SMILES string of the molecule is CCC(OC)C(N)Cc1c(C)cc(C)cc1C. The molecule has 0 radical (unpaired) electrons. The van der Waals surface area contributed by atoms with Crippen LogP contribution in [0.4, 0.5) is 0 Å². The summed E-state index contributed by atoms with van der Waals surface area (Å²) in [6.45, 7) is 8.57. The van der Waals surface area contributed by atoms with E-state index in [-0.39, 0.29) is 12.1 Å². The third kappa shape index (κ3) is 3.55. The van der Waals surface area contributed by atoms with Gasteiger partial charge in [-0.25, -0.2) is 0 Å². The molecule has 96 valence electrons. The highest BCUT2D eigenvalue weighted by molar-refractivity contribution is 5.38. The van der Waals surface area contributed by atoms with Crippen molar-refractivity contribution in [3.8, 4) is 0 Å². The minimum Gasteiger partial charge on any atom is -0.380 e. The number of hydrogen-bond donors (Lipinski definition) is 1. The molecule has 2 unspecified atom stereocenters. The molecule has 0 aliphatic carbocycles. The monoisotopic (exact) mass is 235 g/mol. The third-order valence-corrected chi connectivity index (χ3v) is 3.46. The summed E-state index contributed by atoms with van der Waals surface area (Å²) in [5.41, 5.74) is 11.6. The molecule has 2 atom stereocenters. The summed E-state index contributed by atoms with van der Waals surface area (Å²) in [7, 11) is 1.74. The van der Waals surface area contributed by atoms with Crippen molar-refractivity contribution in [3.63, 3.8) is 0 Å². The standard InChI is InChI=1S/C15H25NO/c1-6-15(17-5)14(16)9-13-11(3)7-10(2)8-12(13)4/h7-8,14-15H,6,9,16H2,1-5H3. The van der Waals surface area contributed by atoms with Crippen molar-refractivity contribution in [2.45, 2.75) is 52.7 Å². The first-order chi connectivity index (χ1) is 7.99. The molecule has 2 N–H and O–H groups in total. The van der Waals surface area contributed by atoms with Crippen molar-refractivity contribution in [2.75, 3.05) is 7.11 Å². The number of methoxy groups -OCH3 is 1. The van der Waals surface area contributed by atoms with Gasteiger partial charge in [0.05, 0.1) is 6.10 Å². The second kappa shape index (κ2) is 6.18. The lowest BCUT2D eigenvalue weighted by atomic mass is 9.92. The Labute approximate surface area is 105 Å². The second-order valence-electron chi connectivity index (χ2n) is 4.93. The summed E-state index contributed by atoms with van der Waals surface area (Å²) in [5, 5.41) is 0. The van der Waals surface area contributed by atoms with Gasteiger partial charge >= 0.3 is 0 Å². The molecule has 0 fully saturated rings. The van der Waals surface area contributed by atoms with Crippen molar-refractivity contribution in [1.29, 1.82) is 0 Å². The van der Waals surface area contributed by atoms with Crippen LogP contribution < -0.4 is 5.73 Å². The molecule has 0 saturated heterocycles. The molecule has 1 aromatic rings. The minimum atomic E-state index is 0.0742. The lowest BCUT2D eigenvalue weighted by Crippen LogP contribution is -2.37. The highest BCUT2D eigenvalue weighted by Crippen LogP contribution is 2.19. The van der Waals surface area contributed by atoms with Gasteiger partial charge in [0.15, 0.2) is 0 Å². The lowest BCUT2D eigenvalue weighted by molar-refractivity contribution is 0.0772. The van der Waals surface area contributed by atoms with E-state index in [2.05, 4.69) is 39.8 Å². The van der Waals surface area contributed by atoms with E-state index < -0.39 is 0 Å². The van der Waals surface area contributed by atoms with Gasteiger partial charge in [0.2, 0.25) is 0 Å². The zero-order chi connectivity index (χ0) is 13.0. The van der Waals surface area contributed by atoms with Crippen molar-refractivity contribution >= 4 is 0 Å². The fourth-order valence-electron chi connectivity index (χ4n) is 2.54. The molecule has 0 aliphatic heterocycles. The molecule has 1 aromatic carbocycles. The first kappa shape index (κ1) is 14.2. The topological polar surface area (TPSA) is 35.2 Å². The molecule has 0 aromatic heterocycles. The average Bonchev–Trinajstić information content (AvgIpc) is 2.25. The van der Waals surface area contributed by atoms with E-state index in [1.165, 1.54) is 22.3 Å². The van der Waals surface area contributed by atoms with Crippen LogP contribution in [0.25, 0.3) is 0 Å². The van der Waals surface area contributed by atoms with Crippen LogP contribution in [0.15, 0.2) is 12.1 Å². The van der Waals surface area contributed by atoms with E-state index in [1.807, 2.05) is 0 Å². The fraction of sp³-hybridized carbons (Fsp3) is 0.600. The summed E-state index contributed by atoms with van der Waals surface area (Å²) >= 11 is 0. The molecule has 0 aliphatic rings. The van der Waals surface area contributed by atoms with E-state index in [0.29, 0.717) is 0 Å². The summed E-state index contributed by atoms with van der Waals surface area (Å²) in [4.78, 5) is 0. The van der Waals surface area contributed by atoms with E-state index in [9.17, 15) is 0 Å². The van der Waals surface area contributed by atoms with E-state index in [0.717, 1.165) is 12.8 Å². The average molecular weight is 235 g/mol. The molecule has 0 heterocycles. The lowest BCUT2D eigenvalue weighted by Gasteiger charge is -2.23. The van der Waals surface area contributed by atoms with Gasteiger partial charge in [-0.1, -0.05) is 24.6 Å². The highest BCUT2D eigenvalue weighted by Gasteiger charge is 2.17. The maximum atomic E-state index is 6.22. The number of aryl methyl sites for hydroxylation is 3. The van der Waals surface area contributed by atoms with Crippen LogP contribution in [-0.2, 0) is 11.2 Å². The zero-order valence-corrected chi connectivity index (χ0v) is 11.7. The molecule has 0 spiro atoms. The van der Waals surface area contributed by atoms with Gasteiger partial charge < -0.3 is 10.5 Å². The summed E-state index contributed by atoms with van der Waals surface area (Å²) in [6.07, 6.45) is 2.00. The maximum absolute atomic E-state index is 6.22. The Balaban J connectivity index is 2.88. The van der Waals surface area contributed by atoms with Gasteiger partial charge in [0, 0.05) is 13.2 Å². The summed E-state index contributed by atoms with van der Waals surface area (Å²) in [6, 6.07) is 4.52. The van der Waals surface area contributed by atoms with Gasteiger partial charge in [0.1, 0.15) is 0 Å². The number of nitrogens with two attached hydrogens (primary N) is 1. The molecule has 2 nitrogen and oxygen atoms in total. The van der Waals surface area contributed by atoms with Gasteiger partial charge in [0.25, 0.3) is 0 Å². The molecule has 0 saturated carbocycles. The summed E-state index contributed by atoms with van der Waals surface area (Å²) < 4.78 is 5.41. The van der Waals surface area contributed by atoms with E-state index in [1.54, 1.807) is 7.11 Å².